The van der Waals surface area contributed by atoms with Gasteiger partial charge in [-0.05, 0) is 42.9 Å². The molecule has 2 N–H and O–H groups in total. The highest BCUT2D eigenvalue weighted by Gasteiger charge is 2.35. The molecule has 110 valence electrons. The highest BCUT2D eigenvalue weighted by atomic mass is 32.2. The van der Waals surface area contributed by atoms with Crippen molar-refractivity contribution in [2.45, 2.75) is 52.0 Å². The lowest BCUT2D eigenvalue weighted by molar-refractivity contribution is -0.144. The molecule has 0 aromatic rings. The first-order valence-electron chi connectivity index (χ1n) is 7.54. The van der Waals surface area contributed by atoms with Gasteiger partial charge < -0.3 is 10.4 Å². The summed E-state index contributed by atoms with van der Waals surface area (Å²) in [4.78, 5) is 11.3. The van der Waals surface area contributed by atoms with Gasteiger partial charge in [0.05, 0.1) is 5.92 Å². The molecule has 2 aliphatic rings. The van der Waals surface area contributed by atoms with Crippen LogP contribution >= 0.6 is 11.8 Å². The summed E-state index contributed by atoms with van der Waals surface area (Å²) >= 11 is 2.02. The van der Waals surface area contributed by atoms with Gasteiger partial charge in [0.1, 0.15) is 0 Å². The molecule has 0 amide bonds. The van der Waals surface area contributed by atoms with Gasteiger partial charge in [0, 0.05) is 11.8 Å². The maximum Gasteiger partial charge on any atom is 0.306 e. The van der Waals surface area contributed by atoms with E-state index >= 15 is 0 Å². The quantitative estimate of drug-likeness (QED) is 0.833. The van der Waals surface area contributed by atoms with Crippen LogP contribution in [0.3, 0.4) is 0 Å². The summed E-state index contributed by atoms with van der Waals surface area (Å²) in [5.74, 6) is 2.03. The Morgan fingerprint density at radius 3 is 2.79 bits per heavy atom. The van der Waals surface area contributed by atoms with E-state index in [1.54, 1.807) is 0 Å². The number of hydrogen-bond acceptors (Lipinski definition) is 3. The Hall–Kier alpha value is -0.220. The molecule has 3 unspecified atom stereocenters. The van der Waals surface area contributed by atoms with Gasteiger partial charge >= 0.3 is 5.97 Å². The first kappa shape index (κ1) is 15.2. The van der Waals surface area contributed by atoms with Crippen LogP contribution < -0.4 is 5.32 Å². The first-order valence-corrected chi connectivity index (χ1v) is 8.70. The summed E-state index contributed by atoms with van der Waals surface area (Å²) in [6.07, 6.45) is 5.47. The van der Waals surface area contributed by atoms with Crippen molar-refractivity contribution < 1.29 is 9.90 Å². The van der Waals surface area contributed by atoms with Gasteiger partial charge in [-0.2, -0.15) is 11.8 Å². The molecular weight excluding hydrogens is 258 g/mol. The van der Waals surface area contributed by atoms with Crippen LogP contribution in [0.2, 0.25) is 0 Å². The van der Waals surface area contributed by atoms with E-state index < -0.39 is 5.97 Å². The van der Waals surface area contributed by atoms with Crippen molar-refractivity contribution in [2.75, 3.05) is 18.1 Å². The van der Waals surface area contributed by atoms with E-state index in [-0.39, 0.29) is 5.92 Å². The molecule has 0 radical (unpaired) electrons. The molecular formula is C15H27NO2S. The fraction of sp³-hybridized carbons (Fsp3) is 0.933. The number of hydrogen-bond donors (Lipinski definition) is 2. The number of thioether (sulfide) groups is 1. The molecule has 1 aliphatic carbocycles. The van der Waals surface area contributed by atoms with Gasteiger partial charge in [-0.25, -0.2) is 0 Å². The van der Waals surface area contributed by atoms with Crippen LogP contribution in [-0.4, -0.2) is 35.2 Å². The SMILES string of the molecule is CC1(C)CCSCC1NCC1CCCCC1C(=O)O. The van der Waals surface area contributed by atoms with Gasteiger partial charge in [-0.3, -0.25) is 4.79 Å². The largest absolute Gasteiger partial charge is 0.481 e. The molecule has 19 heavy (non-hydrogen) atoms. The van der Waals surface area contributed by atoms with Crippen molar-refractivity contribution in [1.82, 2.24) is 5.32 Å². The Labute approximate surface area is 120 Å². The molecule has 1 heterocycles. The van der Waals surface area contributed by atoms with Crippen LogP contribution in [0.25, 0.3) is 0 Å². The maximum absolute atomic E-state index is 11.3. The molecule has 0 spiro atoms. The molecule has 1 aliphatic heterocycles. The molecule has 2 rings (SSSR count). The third-order valence-electron chi connectivity index (χ3n) is 4.97. The van der Waals surface area contributed by atoms with Gasteiger partial charge in [0.15, 0.2) is 0 Å². The van der Waals surface area contributed by atoms with Crippen LogP contribution in [0.5, 0.6) is 0 Å². The predicted octanol–water partition coefficient (Wildman–Crippen LogP) is 3.00. The average molecular weight is 285 g/mol. The monoisotopic (exact) mass is 285 g/mol. The summed E-state index contributed by atoms with van der Waals surface area (Å²) in [6, 6.07) is 0.530. The van der Waals surface area contributed by atoms with Gasteiger partial charge in [-0.15, -0.1) is 0 Å². The van der Waals surface area contributed by atoms with Crippen LogP contribution in [-0.2, 0) is 4.79 Å². The van der Waals surface area contributed by atoms with Crippen molar-refractivity contribution in [2.24, 2.45) is 17.3 Å². The zero-order chi connectivity index (χ0) is 13.9. The van der Waals surface area contributed by atoms with Crippen LogP contribution in [0.1, 0.15) is 46.0 Å². The van der Waals surface area contributed by atoms with Gasteiger partial charge in [0.2, 0.25) is 0 Å². The lowest BCUT2D eigenvalue weighted by atomic mass is 9.78. The normalized spacial score (nSPS) is 34.9. The minimum Gasteiger partial charge on any atom is -0.481 e. The van der Waals surface area contributed by atoms with E-state index in [4.69, 9.17) is 0 Å². The van der Waals surface area contributed by atoms with Crippen molar-refractivity contribution in [3.63, 3.8) is 0 Å². The molecule has 3 atom stereocenters. The highest BCUT2D eigenvalue weighted by molar-refractivity contribution is 7.99. The zero-order valence-corrected chi connectivity index (χ0v) is 13.0. The molecule has 1 saturated carbocycles. The van der Waals surface area contributed by atoms with Crippen LogP contribution in [0.4, 0.5) is 0 Å². The Morgan fingerprint density at radius 1 is 1.37 bits per heavy atom. The molecule has 3 nitrogen and oxygen atoms in total. The summed E-state index contributed by atoms with van der Waals surface area (Å²) in [5.41, 5.74) is 0.346. The Kier molecular flexibility index (Phi) is 5.18. The fourth-order valence-electron chi connectivity index (χ4n) is 3.34. The zero-order valence-electron chi connectivity index (χ0n) is 12.2. The topological polar surface area (TPSA) is 49.3 Å². The Morgan fingerprint density at radius 2 is 2.11 bits per heavy atom. The second-order valence-corrected chi connectivity index (χ2v) is 7.91. The van der Waals surface area contributed by atoms with Gasteiger partial charge in [-0.1, -0.05) is 26.7 Å². The van der Waals surface area contributed by atoms with E-state index in [1.165, 1.54) is 18.6 Å². The Bertz CT molecular complexity index is 319. The number of aliphatic carboxylic acids is 1. The van der Waals surface area contributed by atoms with Crippen molar-refractivity contribution >= 4 is 17.7 Å². The van der Waals surface area contributed by atoms with Gasteiger partial charge in [0.25, 0.3) is 0 Å². The molecule has 2 fully saturated rings. The van der Waals surface area contributed by atoms with Crippen molar-refractivity contribution in [1.29, 1.82) is 0 Å². The standard InChI is InChI=1S/C15H27NO2S/c1-15(2)7-8-19-10-13(15)16-9-11-5-3-4-6-12(11)14(17)18/h11-13,16H,3-10H2,1-2H3,(H,17,18). The molecule has 1 saturated heterocycles. The number of carboxylic acid groups (broad SMARTS) is 1. The van der Waals surface area contributed by atoms with E-state index in [0.717, 1.165) is 31.6 Å². The number of carbonyl (C=O) groups is 1. The number of rotatable bonds is 4. The third-order valence-corrected chi connectivity index (χ3v) is 6.03. The van der Waals surface area contributed by atoms with Crippen LogP contribution in [0, 0.1) is 17.3 Å². The second kappa shape index (κ2) is 6.49. The minimum absolute atomic E-state index is 0.124. The summed E-state index contributed by atoms with van der Waals surface area (Å²) in [6.45, 7) is 5.55. The average Bonchev–Trinajstić information content (AvgIpc) is 2.37. The highest BCUT2D eigenvalue weighted by Crippen LogP contribution is 2.35. The van der Waals surface area contributed by atoms with Crippen molar-refractivity contribution in [3.05, 3.63) is 0 Å². The summed E-state index contributed by atoms with van der Waals surface area (Å²) in [7, 11) is 0. The molecule has 0 aromatic heterocycles. The van der Waals surface area contributed by atoms with E-state index in [0.29, 0.717) is 17.4 Å². The number of nitrogens with one attached hydrogen (secondary N) is 1. The van der Waals surface area contributed by atoms with E-state index in [2.05, 4.69) is 19.2 Å². The third kappa shape index (κ3) is 3.88. The molecule has 4 heteroatoms. The lowest BCUT2D eigenvalue weighted by Crippen LogP contribution is -2.49. The summed E-state index contributed by atoms with van der Waals surface area (Å²) < 4.78 is 0. The van der Waals surface area contributed by atoms with E-state index in [1.807, 2.05) is 11.8 Å². The van der Waals surface area contributed by atoms with Crippen molar-refractivity contribution in [3.8, 4) is 0 Å². The summed E-state index contributed by atoms with van der Waals surface area (Å²) in [5, 5.41) is 13.0. The molecule has 0 bridgehead atoms. The lowest BCUT2D eigenvalue weighted by Gasteiger charge is -2.40. The molecule has 0 aromatic carbocycles. The van der Waals surface area contributed by atoms with Crippen LogP contribution in [0.15, 0.2) is 0 Å². The number of carboxylic acids is 1. The smallest absolute Gasteiger partial charge is 0.306 e. The Balaban J connectivity index is 1.87. The van der Waals surface area contributed by atoms with E-state index in [9.17, 15) is 9.90 Å². The predicted molar refractivity (Wildman–Crippen MR) is 80.6 cm³/mol. The fourth-order valence-corrected chi connectivity index (χ4v) is 4.98. The minimum atomic E-state index is -0.594. The second-order valence-electron chi connectivity index (χ2n) is 6.76. The maximum atomic E-state index is 11.3. The first-order chi connectivity index (χ1) is 9.00.